The number of ether oxygens (including phenoxy) is 1. The molecule has 0 spiro atoms. The van der Waals surface area contributed by atoms with E-state index in [0.29, 0.717) is 12.3 Å². The molecule has 0 aromatic carbocycles. The fourth-order valence-electron chi connectivity index (χ4n) is 1.15. The summed E-state index contributed by atoms with van der Waals surface area (Å²) >= 11 is 5.35. The molecule has 0 bridgehead atoms. The van der Waals surface area contributed by atoms with Gasteiger partial charge in [-0.15, -0.1) is 0 Å². The van der Waals surface area contributed by atoms with Crippen molar-refractivity contribution in [3.63, 3.8) is 0 Å². The topological polar surface area (TPSA) is 39.2 Å². The lowest BCUT2D eigenvalue weighted by Crippen LogP contribution is -2.35. The van der Waals surface area contributed by atoms with Gasteiger partial charge < -0.3 is 4.74 Å². The molecule has 3 nitrogen and oxygen atoms in total. The van der Waals surface area contributed by atoms with Crippen molar-refractivity contribution in [2.45, 2.75) is 12.1 Å². The van der Waals surface area contributed by atoms with Gasteiger partial charge in [0.05, 0.1) is 7.11 Å². The summed E-state index contributed by atoms with van der Waals surface area (Å²) in [5, 5.41) is -0.789. The number of hydrogen-bond acceptors (Lipinski definition) is 3. The molecule has 1 rings (SSSR count). The summed E-state index contributed by atoms with van der Waals surface area (Å²) in [6.45, 7) is 0. The maximum atomic E-state index is 13.2. The third-order valence-electron chi connectivity index (χ3n) is 1.99. The SMILES string of the molecule is COC(=O)c1c(C(F)(F)C(F)(F)F)ccnc1Cl. The van der Waals surface area contributed by atoms with Gasteiger partial charge >= 0.3 is 18.1 Å². The molecule has 1 aromatic heterocycles. The third-order valence-corrected chi connectivity index (χ3v) is 2.28. The van der Waals surface area contributed by atoms with Crippen molar-refractivity contribution in [3.8, 4) is 0 Å². The highest BCUT2D eigenvalue weighted by molar-refractivity contribution is 6.32. The van der Waals surface area contributed by atoms with Crippen LogP contribution in [0.2, 0.25) is 5.15 Å². The predicted octanol–water partition coefficient (Wildman–Crippen LogP) is 3.18. The molecule has 0 saturated carbocycles. The molecule has 100 valence electrons. The van der Waals surface area contributed by atoms with Gasteiger partial charge in [-0.05, 0) is 6.07 Å². The second kappa shape index (κ2) is 4.68. The van der Waals surface area contributed by atoms with Crippen LogP contribution in [0, 0.1) is 0 Å². The van der Waals surface area contributed by atoms with Crippen molar-refractivity contribution in [2.75, 3.05) is 7.11 Å². The van der Waals surface area contributed by atoms with E-state index in [4.69, 9.17) is 11.6 Å². The first kappa shape index (κ1) is 14.6. The van der Waals surface area contributed by atoms with E-state index in [-0.39, 0.29) is 0 Å². The molecule has 0 atom stereocenters. The zero-order chi connectivity index (χ0) is 14.1. The molecule has 1 aromatic rings. The average molecular weight is 290 g/mol. The van der Waals surface area contributed by atoms with Crippen LogP contribution >= 0.6 is 11.6 Å². The van der Waals surface area contributed by atoms with Crippen LogP contribution in [-0.2, 0) is 10.7 Å². The van der Waals surface area contributed by atoms with E-state index in [1.54, 1.807) is 0 Å². The Kier molecular flexibility index (Phi) is 3.80. The summed E-state index contributed by atoms with van der Waals surface area (Å²) in [6, 6.07) is 0.367. The number of carbonyl (C=O) groups is 1. The molecular weight excluding hydrogens is 285 g/mol. The van der Waals surface area contributed by atoms with Gasteiger partial charge in [0.25, 0.3) is 0 Å². The molecule has 18 heavy (non-hydrogen) atoms. The van der Waals surface area contributed by atoms with Crippen LogP contribution in [0.15, 0.2) is 12.3 Å². The van der Waals surface area contributed by atoms with Gasteiger partial charge in [-0.2, -0.15) is 22.0 Å². The lowest BCUT2D eigenvalue weighted by Gasteiger charge is -2.21. The smallest absolute Gasteiger partial charge is 0.458 e. The van der Waals surface area contributed by atoms with Gasteiger partial charge in [-0.1, -0.05) is 11.6 Å². The molecule has 0 saturated heterocycles. The van der Waals surface area contributed by atoms with Gasteiger partial charge in [-0.3, -0.25) is 0 Å². The highest BCUT2D eigenvalue weighted by atomic mass is 35.5. The molecule has 0 N–H and O–H groups in total. The minimum atomic E-state index is -5.86. The molecule has 9 heteroatoms. The molecule has 0 amide bonds. The van der Waals surface area contributed by atoms with Crippen LogP contribution < -0.4 is 0 Å². The number of alkyl halides is 5. The minimum Gasteiger partial charge on any atom is -0.465 e. The molecular formula is C9H5ClF5NO2. The first-order valence-electron chi connectivity index (χ1n) is 4.30. The fraction of sp³-hybridized carbons (Fsp3) is 0.333. The Morgan fingerprint density at radius 1 is 1.33 bits per heavy atom. The molecule has 0 aliphatic carbocycles. The normalized spacial score (nSPS) is 12.4. The van der Waals surface area contributed by atoms with Crippen molar-refractivity contribution in [1.29, 1.82) is 0 Å². The Labute approximate surface area is 103 Å². The summed E-state index contributed by atoms with van der Waals surface area (Å²) in [4.78, 5) is 14.4. The van der Waals surface area contributed by atoms with Crippen molar-refractivity contribution >= 4 is 17.6 Å². The highest BCUT2D eigenvalue weighted by Crippen LogP contribution is 2.45. The minimum absolute atomic E-state index is 0.367. The predicted molar refractivity (Wildman–Crippen MR) is 50.5 cm³/mol. The van der Waals surface area contributed by atoms with Crippen molar-refractivity contribution in [2.24, 2.45) is 0 Å². The number of esters is 1. The summed E-state index contributed by atoms with van der Waals surface area (Å²) in [7, 11) is 0.821. The van der Waals surface area contributed by atoms with Crippen LogP contribution in [0.5, 0.6) is 0 Å². The van der Waals surface area contributed by atoms with Gasteiger partial charge in [-0.25, -0.2) is 9.78 Å². The quantitative estimate of drug-likeness (QED) is 0.477. The maximum Gasteiger partial charge on any atom is 0.458 e. The Morgan fingerprint density at radius 2 is 1.89 bits per heavy atom. The van der Waals surface area contributed by atoms with E-state index < -0.39 is 34.3 Å². The number of carbonyl (C=O) groups excluding carboxylic acids is 1. The molecule has 0 aliphatic heterocycles. The van der Waals surface area contributed by atoms with Crippen LogP contribution in [-0.4, -0.2) is 24.2 Å². The third kappa shape index (κ3) is 2.38. The first-order chi connectivity index (χ1) is 8.13. The Bertz CT molecular complexity index is 475. The molecule has 0 fully saturated rings. The number of pyridine rings is 1. The summed E-state index contributed by atoms with van der Waals surface area (Å²) in [5.74, 6) is -6.66. The molecule has 1 heterocycles. The van der Waals surface area contributed by atoms with Crippen LogP contribution in [0.3, 0.4) is 0 Å². The van der Waals surface area contributed by atoms with E-state index in [2.05, 4.69) is 9.72 Å². The maximum absolute atomic E-state index is 13.2. The van der Waals surface area contributed by atoms with Crippen molar-refractivity contribution < 1.29 is 31.5 Å². The molecule has 0 unspecified atom stereocenters. The van der Waals surface area contributed by atoms with Crippen LogP contribution in [0.25, 0.3) is 0 Å². The fourth-order valence-corrected chi connectivity index (χ4v) is 1.38. The summed E-state index contributed by atoms with van der Waals surface area (Å²) in [5.41, 5.74) is -2.70. The van der Waals surface area contributed by atoms with Crippen LogP contribution in [0.1, 0.15) is 15.9 Å². The van der Waals surface area contributed by atoms with Gasteiger partial charge in [0.15, 0.2) is 0 Å². The first-order valence-corrected chi connectivity index (χ1v) is 4.68. The summed E-state index contributed by atoms with van der Waals surface area (Å²) in [6.07, 6.45) is -5.22. The number of nitrogens with zero attached hydrogens (tertiary/aromatic N) is 1. The Balaban J connectivity index is 3.51. The van der Waals surface area contributed by atoms with Crippen molar-refractivity contribution in [1.82, 2.24) is 4.98 Å². The average Bonchev–Trinajstić information content (AvgIpc) is 2.26. The lowest BCUT2D eigenvalue weighted by atomic mass is 10.0. The van der Waals surface area contributed by atoms with Gasteiger partial charge in [0, 0.05) is 11.8 Å². The Hall–Kier alpha value is -1.44. The number of methoxy groups -OCH3 is 1. The second-order valence-electron chi connectivity index (χ2n) is 3.09. The number of rotatable bonds is 2. The Morgan fingerprint density at radius 3 is 2.33 bits per heavy atom. The molecule has 0 aliphatic rings. The number of halogens is 6. The van der Waals surface area contributed by atoms with E-state index >= 15 is 0 Å². The monoisotopic (exact) mass is 289 g/mol. The van der Waals surface area contributed by atoms with Crippen molar-refractivity contribution in [3.05, 3.63) is 28.5 Å². The zero-order valence-electron chi connectivity index (χ0n) is 8.69. The zero-order valence-corrected chi connectivity index (χ0v) is 9.44. The van der Waals surface area contributed by atoms with E-state index in [9.17, 15) is 26.7 Å². The van der Waals surface area contributed by atoms with Gasteiger partial charge in [0.2, 0.25) is 0 Å². The number of hydrogen-bond donors (Lipinski definition) is 0. The highest BCUT2D eigenvalue weighted by Gasteiger charge is 2.60. The van der Waals surface area contributed by atoms with E-state index in [0.717, 1.165) is 7.11 Å². The van der Waals surface area contributed by atoms with E-state index in [1.807, 2.05) is 0 Å². The van der Waals surface area contributed by atoms with E-state index in [1.165, 1.54) is 0 Å². The second-order valence-corrected chi connectivity index (χ2v) is 3.45. The standard InChI is InChI=1S/C9H5ClF5NO2/c1-18-7(17)5-4(2-3-16-6(5)10)8(11,12)9(13,14)15/h2-3H,1H3. The number of aromatic nitrogens is 1. The van der Waals surface area contributed by atoms with Crippen LogP contribution in [0.4, 0.5) is 22.0 Å². The lowest BCUT2D eigenvalue weighted by molar-refractivity contribution is -0.289. The largest absolute Gasteiger partial charge is 0.465 e. The summed E-state index contributed by atoms with van der Waals surface area (Å²) < 4.78 is 67.2. The molecule has 0 radical (unpaired) electrons. The van der Waals surface area contributed by atoms with Gasteiger partial charge in [0.1, 0.15) is 10.7 Å².